The zero-order valence-electron chi connectivity index (χ0n) is 12.9. The summed E-state index contributed by atoms with van der Waals surface area (Å²) in [5.41, 5.74) is 1.10. The number of carbonyl (C=O) groups is 1. The molecule has 1 amide bonds. The van der Waals surface area contributed by atoms with Gasteiger partial charge in [-0.2, -0.15) is 0 Å². The van der Waals surface area contributed by atoms with Crippen LogP contribution in [0.2, 0.25) is 5.02 Å². The normalized spacial score (nSPS) is 11.1. The lowest BCUT2D eigenvalue weighted by atomic mass is 10.1. The summed E-state index contributed by atoms with van der Waals surface area (Å²) in [4.78, 5) is 20.2. The van der Waals surface area contributed by atoms with Gasteiger partial charge < -0.3 is 10.6 Å². The smallest absolute Gasteiger partial charge is 0.270 e. The average Bonchev–Trinajstić information content (AvgIpc) is 2.45. The Labute approximate surface area is 135 Å². The van der Waals surface area contributed by atoms with E-state index in [1.165, 1.54) is 6.33 Å². The Morgan fingerprint density at radius 2 is 1.86 bits per heavy atom. The number of halogens is 1. The number of nitrogens with zero attached hydrogens (tertiary/aromatic N) is 2. The first kappa shape index (κ1) is 16.2. The molecule has 0 radical (unpaired) electrons. The van der Waals surface area contributed by atoms with Crippen molar-refractivity contribution in [3.63, 3.8) is 0 Å². The highest BCUT2D eigenvalue weighted by atomic mass is 35.5. The summed E-state index contributed by atoms with van der Waals surface area (Å²) in [6.07, 6.45) is 1.38. The van der Waals surface area contributed by atoms with Crippen LogP contribution in [0.25, 0.3) is 0 Å². The first-order valence-corrected chi connectivity index (χ1v) is 7.34. The molecule has 2 N–H and O–H groups in total. The molecule has 0 spiro atoms. The zero-order chi connectivity index (χ0) is 16.2. The van der Waals surface area contributed by atoms with Crippen molar-refractivity contribution in [1.82, 2.24) is 15.3 Å². The van der Waals surface area contributed by atoms with Gasteiger partial charge in [0.2, 0.25) is 0 Å². The van der Waals surface area contributed by atoms with E-state index < -0.39 is 0 Å². The topological polar surface area (TPSA) is 66.9 Å². The van der Waals surface area contributed by atoms with Crippen molar-refractivity contribution >= 4 is 23.3 Å². The van der Waals surface area contributed by atoms with Crippen molar-refractivity contribution in [3.05, 3.63) is 52.9 Å². The van der Waals surface area contributed by atoms with Crippen LogP contribution in [0.1, 0.15) is 36.8 Å². The number of rotatable bonds is 4. The molecule has 5 nitrogen and oxygen atoms in total. The zero-order valence-corrected chi connectivity index (χ0v) is 13.6. The third-order valence-corrected chi connectivity index (χ3v) is 3.03. The highest BCUT2D eigenvalue weighted by Gasteiger charge is 2.16. The van der Waals surface area contributed by atoms with Gasteiger partial charge in [0.1, 0.15) is 17.8 Å². The van der Waals surface area contributed by atoms with Crippen LogP contribution in [0, 0.1) is 0 Å². The fraction of sp³-hybridized carbons (Fsp3) is 0.312. The van der Waals surface area contributed by atoms with Crippen LogP contribution < -0.4 is 10.6 Å². The van der Waals surface area contributed by atoms with Crippen LogP contribution in [0.3, 0.4) is 0 Å². The maximum atomic E-state index is 12.1. The summed E-state index contributed by atoms with van der Waals surface area (Å²) in [7, 11) is 0. The van der Waals surface area contributed by atoms with Crippen LogP contribution in [-0.2, 0) is 6.54 Å². The number of nitrogens with one attached hydrogen (secondary N) is 2. The summed E-state index contributed by atoms with van der Waals surface area (Å²) in [6.45, 7) is 6.36. The van der Waals surface area contributed by atoms with Crippen molar-refractivity contribution in [2.45, 2.75) is 32.9 Å². The number of carbonyl (C=O) groups excluding carboxylic acids is 1. The van der Waals surface area contributed by atoms with Gasteiger partial charge in [0.05, 0.1) is 0 Å². The van der Waals surface area contributed by atoms with Crippen molar-refractivity contribution in [2.75, 3.05) is 5.32 Å². The lowest BCUT2D eigenvalue weighted by molar-refractivity contribution is 0.0914. The lowest BCUT2D eigenvalue weighted by Gasteiger charge is -2.20. The Morgan fingerprint density at radius 1 is 1.18 bits per heavy atom. The van der Waals surface area contributed by atoms with Crippen molar-refractivity contribution < 1.29 is 4.79 Å². The van der Waals surface area contributed by atoms with E-state index in [9.17, 15) is 4.79 Å². The molecule has 2 rings (SSSR count). The Hall–Kier alpha value is -2.14. The molecule has 0 fully saturated rings. The van der Waals surface area contributed by atoms with E-state index in [0.717, 1.165) is 5.56 Å². The fourth-order valence-corrected chi connectivity index (χ4v) is 1.90. The van der Waals surface area contributed by atoms with Gasteiger partial charge in [-0.3, -0.25) is 4.79 Å². The molecule has 0 saturated carbocycles. The van der Waals surface area contributed by atoms with E-state index >= 15 is 0 Å². The molecule has 0 aliphatic rings. The number of aromatic nitrogens is 2. The maximum Gasteiger partial charge on any atom is 0.270 e. The second-order valence-corrected chi connectivity index (χ2v) is 6.41. The van der Waals surface area contributed by atoms with Gasteiger partial charge in [-0.05, 0) is 38.5 Å². The molecule has 0 saturated heterocycles. The van der Waals surface area contributed by atoms with E-state index in [0.29, 0.717) is 23.1 Å². The van der Waals surface area contributed by atoms with Crippen molar-refractivity contribution in [2.24, 2.45) is 0 Å². The molecule has 1 heterocycles. The van der Waals surface area contributed by atoms with Crippen molar-refractivity contribution in [1.29, 1.82) is 0 Å². The second-order valence-electron chi connectivity index (χ2n) is 5.97. The first-order chi connectivity index (χ1) is 10.3. The molecule has 0 aliphatic heterocycles. The molecule has 0 atom stereocenters. The van der Waals surface area contributed by atoms with E-state index in [4.69, 9.17) is 11.6 Å². The molecule has 116 valence electrons. The van der Waals surface area contributed by atoms with E-state index in [2.05, 4.69) is 20.6 Å². The van der Waals surface area contributed by atoms with Gasteiger partial charge in [-0.1, -0.05) is 23.7 Å². The molecular formula is C16H19ClN4O. The number of benzene rings is 1. The minimum absolute atomic E-state index is 0.218. The molecule has 1 aromatic heterocycles. The average molecular weight is 319 g/mol. The summed E-state index contributed by atoms with van der Waals surface area (Å²) in [5.74, 6) is 0.383. The molecule has 0 aliphatic carbocycles. The minimum Gasteiger partial charge on any atom is -0.366 e. The Kier molecular flexibility index (Phi) is 4.98. The minimum atomic E-state index is -0.307. The van der Waals surface area contributed by atoms with Crippen LogP contribution in [-0.4, -0.2) is 21.4 Å². The quantitative estimate of drug-likeness (QED) is 0.908. The molecular weight excluding hydrogens is 300 g/mol. The van der Waals surface area contributed by atoms with E-state index in [1.54, 1.807) is 6.07 Å². The first-order valence-electron chi connectivity index (χ1n) is 6.96. The second kappa shape index (κ2) is 6.75. The standard InChI is InChI=1S/C16H19ClN4O/c1-16(2,3)21-15(22)13-8-14(20-10-19-13)18-9-11-4-6-12(17)7-5-11/h4-8,10H,9H2,1-3H3,(H,21,22)(H,18,19,20). The summed E-state index contributed by atoms with van der Waals surface area (Å²) < 4.78 is 0. The van der Waals surface area contributed by atoms with Gasteiger partial charge >= 0.3 is 0 Å². The fourth-order valence-electron chi connectivity index (χ4n) is 1.78. The SMILES string of the molecule is CC(C)(C)NC(=O)c1cc(NCc2ccc(Cl)cc2)ncn1. The Bertz CT molecular complexity index is 650. The van der Waals surface area contributed by atoms with E-state index in [-0.39, 0.29) is 11.4 Å². The highest BCUT2D eigenvalue weighted by molar-refractivity contribution is 6.30. The monoisotopic (exact) mass is 318 g/mol. The molecule has 0 unspecified atom stereocenters. The van der Waals surface area contributed by atoms with Crippen LogP contribution in [0.15, 0.2) is 36.7 Å². The lowest BCUT2D eigenvalue weighted by Crippen LogP contribution is -2.40. The van der Waals surface area contributed by atoms with Crippen LogP contribution in [0.4, 0.5) is 5.82 Å². The van der Waals surface area contributed by atoms with Gasteiger partial charge in [0, 0.05) is 23.2 Å². The number of hydrogen-bond donors (Lipinski definition) is 2. The van der Waals surface area contributed by atoms with Crippen LogP contribution in [0.5, 0.6) is 0 Å². The van der Waals surface area contributed by atoms with Gasteiger partial charge in [0.25, 0.3) is 5.91 Å². The molecule has 2 aromatic rings. The van der Waals surface area contributed by atoms with Gasteiger partial charge in [0.15, 0.2) is 0 Å². The molecule has 22 heavy (non-hydrogen) atoms. The van der Waals surface area contributed by atoms with Crippen LogP contribution >= 0.6 is 11.6 Å². The Morgan fingerprint density at radius 3 is 2.50 bits per heavy atom. The Balaban J connectivity index is 2.02. The number of amides is 1. The number of anilines is 1. The highest BCUT2D eigenvalue weighted by Crippen LogP contribution is 2.12. The van der Waals surface area contributed by atoms with Gasteiger partial charge in [-0.15, -0.1) is 0 Å². The predicted octanol–water partition coefficient (Wildman–Crippen LogP) is 3.27. The molecule has 0 bridgehead atoms. The maximum absolute atomic E-state index is 12.1. The van der Waals surface area contributed by atoms with Gasteiger partial charge in [-0.25, -0.2) is 9.97 Å². The molecule has 6 heteroatoms. The number of hydrogen-bond acceptors (Lipinski definition) is 4. The third kappa shape index (κ3) is 5.00. The largest absolute Gasteiger partial charge is 0.366 e. The van der Waals surface area contributed by atoms with Crippen molar-refractivity contribution in [3.8, 4) is 0 Å². The third-order valence-electron chi connectivity index (χ3n) is 2.78. The predicted molar refractivity (Wildman–Crippen MR) is 88.0 cm³/mol. The summed E-state index contributed by atoms with van der Waals surface area (Å²) in [6, 6.07) is 9.17. The molecule has 1 aromatic carbocycles. The summed E-state index contributed by atoms with van der Waals surface area (Å²) >= 11 is 5.85. The summed E-state index contributed by atoms with van der Waals surface area (Å²) in [5, 5.41) is 6.74. The van der Waals surface area contributed by atoms with E-state index in [1.807, 2.05) is 45.0 Å².